The Bertz CT molecular complexity index is 1800. The molecule has 0 aliphatic carbocycles. The number of likely N-dealkylation sites (tertiary alicyclic amines) is 1. The summed E-state index contributed by atoms with van der Waals surface area (Å²) in [4.78, 5) is 42.2. The number of morpholine rings is 1. The van der Waals surface area contributed by atoms with Gasteiger partial charge in [-0.05, 0) is 56.7 Å². The summed E-state index contributed by atoms with van der Waals surface area (Å²) < 4.78 is 51.0. The van der Waals surface area contributed by atoms with Crippen molar-refractivity contribution in [2.24, 2.45) is 13.0 Å². The lowest BCUT2D eigenvalue weighted by Crippen LogP contribution is -2.41. The average Bonchev–Trinajstić information content (AvgIpc) is 3.66. The van der Waals surface area contributed by atoms with Crippen molar-refractivity contribution < 1.29 is 32.9 Å². The highest BCUT2D eigenvalue weighted by Crippen LogP contribution is 2.42. The molecule has 15 heteroatoms. The predicted molar refractivity (Wildman–Crippen MR) is 188 cm³/mol. The minimum Gasteiger partial charge on any atom is -0.465 e. The van der Waals surface area contributed by atoms with Crippen molar-refractivity contribution in [1.29, 1.82) is 0 Å². The van der Waals surface area contributed by atoms with Crippen molar-refractivity contribution >= 4 is 28.5 Å². The lowest BCUT2D eigenvalue weighted by Gasteiger charge is -2.35. The van der Waals surface area contributed by atoms with E-state index in [-0.39, 0.29) is 48.9 Å². The summed E-state index contributed by atoms with van der Waals surface area (Å²) in [6, 6.07) is 7.46. The van der Waals surface area contributed by atoms with Crippen LogP contribution in [0.1, 0.15) is 69.0 Å². The Hall–Kier alpha value is -4.08. The number of nitrogens with one attached hydrogen (secondary N) is 1. The molecule has 51 heavy (non-hydrogen) atoms. The third kappa shape index (κ3) is 8.20. The summed E-state index contributed by atoms with van der Waals surface area (Å²) in [5.41, 5.74) is 0.512. The van der Waals surface area contributed by atoms with Crippen LogP contribution in [0.3, 0.4) is 0 Å². The van der Waals surface area contributed by atoms with Gasteiger partial charge < -0.3 is 39.0 Å². The van der Waals surface area contributed by atoms with Crippen LogP contribution in [0.25, 0.3) is 10.9 Å². The molecule has 3 saturated heterocycles. The van der Waals surface area contributed by atoms with Gasteiger partial charge in [0.05, 0.1) is 37.9 Å². The minimum atomic E-state index is -3.15. The second-order valence-electron chi connectivity index (χ2n) is 13.7. The van der Waals surface area contributed by atoms with Gasteiger partial charge in [-0.1, -0.05) is 31.0 Å². The molecule has 3 aliphatic rings. The number of alkyl halides is 2. The van der Waals surface area contributed by atoms with E-state index >= 15 is 8.78 Å². The van der Waals surface area contributed by atoms with Gasteiger partial charge >= 0.3 is 6.09 Å². The third-order valence-corrected chi connectivity index (χ3v) is 10.3. The number of nitrogens with zero attached hydrogens (tertiary/aromatic N) is 5. The quantitative estimate of drug-likeness (QED) is 0.235. The van der Waals surface area contributed by atoms with Crippen LogP contribution in [0.2, 0.25) is 0 Å². The van der Waals surface area contributed by atoms with Gasteiger partial charge in [-0.3, -0.25) is 9.59 Å². The maximum atomic E-state index is 15.8. The normalized spacial score (nSPS) is 18.4. The molecule has 278 valence electrons. The van der Waals surface area contributed by atoms with Crippen molar-refractivity contribution in [3.8, 4) is 0 Å². The van der Waals surface area contributed by atoms with Crippen molar-refractivity contribution in [3.05, 3.63) is 62.2 Å². The largest absolute Gasteiger partial charge is 0.465 e. The van der Waals surface area contributed by atoms with E-state index < -0.39 is 29.5 Å². The number of carboxylic acid groups (broad SMARTS) is 1. The van der Waals surface area contributed by atoms with Crippen LogP contribution < -0.4 is 21.3 Å². The maximum Gasteiger partial charge on any atom is 0.407 e. The minimum absolute atomic E-state index is 0.0709. The third-order valence-electron chi connectivity index (χ3n) is 10.3. The number of pyridine rings is 1. The van der Waals surface area contributed by atoms with Crippen LogP contribution in [0.5, 0.6) is 0 Å². The first-order chi connectivity index (χ1) is 24.5. The Morgan fingerprint density at radius 2 is 1.71 bits per heavy atom. The maximum absolute atomic E-state index is 15.8. The Balaban J connectivity index is 1.26. The number of fused-ring (bicyclic) bond motifs is 1. The Kier molecular flexibility index (Phi) is 11.6. The SMILES string of the molecule is C[C@@H](Nc1nn(C)c(=O)c2c1cc(N1CCOCC1)c(=O)n2CCCCCCC1OCCO1)c1cccc(C(F)(F)C2CCN(C(=O)O)CC2)c1. The van der Waals surface area contributed by atoms with E-state index in [1.54, 1.807) is 22.8 Å². The number of carbonyl (C=O) groups is 1. The van der Waals surface area contributed by atoms with Gasteiger partial charge in [0.2, 0.25) is 0 Å². The summed E-state index contributed by atoms with van der Waals surface area (Å²) in [6.07, 6.45) is 3.14. The summed E-state index contributed by atoms with van der Waals surface area (Å²) >= 11 is 0. The zero-order chi connectivity index (χ0) is 36.1. The molecular formula is C36H48F2N6O7. The number of piperidine rings is 1. The Labute approximate surface area is 295 Å². The van der Waals surface area contributed by atoms with Crippen LogP contribution in [0.15, 0.2) is 39.9 Å². The fourth-order valence-corrected chi connectivity index (χ4v) is 7.30. The van der Waals surface area contributed by atoms with Gasteiger partial charge in [0.25, 0.3) is 17.0 Å². The van der Waals surface area contributed by atoms with Gasteiger partial charge in [-0.25, -0.2) is 18.3 Å². The number of rotatable bonds is 13. The molecule has 13 nitrogen and oxygen atoms in total. The monoisotopic (exact) mass is 714 g/mol. The van der Waals surface area contributed by atoms with Crippen molar-refractivity contribution in [2.75, 3.05) is 62.8 Å². The fourth-order valence-electron chi connectivity index (χ4n) is 7.30. The topological polar surface area (TPSA) is 140 Å². The smallest absolute Gasteiger partial charge is 0.407 e. The summed E-state index contributed by atoms with van der Waals surface area (Å²) in [7, 11) is 1.53. The van der Waals surface area contributed by atoms with Gasteiger partial charge in [0, 0.05) is 51.3 Å². The molecule has 5 heterocycles. The van der Waals surface area contributed by atoms with E-state index in [9.17, 15) is 19.5 Å². The zero-order valence-electron chi connectivity index (χ0n) is 29.3. The standard InChI is InChI=1S/C36H48F2N6O7/c1-24(25-8-7-9-27(22-25)36(37,38)26-11-14-43(15-12-26)35(47)48)39-32-28-23-29(42-16-18-49-19-17-42)33(45)44(31(28)34(46)41(2)40-32)13-6-4-3-5-10-30-50-20-21-51-30/h7-9,22-24,26,30H,3-6,10-21H2,1-2H3,(H,39,40)(H,47,48)/t24-/m1/s1. The molecule has 2 N–H and O–H groups in total. The molecule has 1 atom stereocenters. The van der Waals surface area contributed by atoms with Crippen LogP contribution >= 0.6 is 0 Å². The van der Waals surface area contributed by atoms with Crippen LogP contribution in [-0.2, 0) is 33.7 Å². The second-order valence-corrected chi connectivity index (χ2v) is 13.7. The molecule has 3 fully saturated rings. The lowest BCUT2D eigenvalue weighted by molar-refractivity contribution is -0.0836. The lowest BCUT2D eigenvalue weighted by atomic mass is 9.85. The summed E-state index contributed by atoms with van der Waals surface area (Å²) in [6.45, 7) is 5.58. The number of ether oxygens (including phenoxy) is 3. The van der Waals surface area contributed by atoms with E-state index in [1.807, 2.05) is 11.8 Å². The molecule has 1 aromatic carbocycles. The number of halogens is 2. The summed E-state index contributed by atoms with van der Waals surface area (Å²) in [5, 5.41) is 17.6. The van der Waals surface area contributed by atoms with Crippen molar-refractivity contribution in [3.63, 3.8) is 0 Å². The number of amides is 1. The molecule has 6 rings (SSSR count). The van der Waals surface area contributed by atoms with Crippen LogP contribution in [-0.4, -0.2) is 89.3 Å². The number of hydrogen-bond acceptors (Lipinski definition) is 9. The second kappa shape index (κ2) is 16.1. The summed E-state index contributed by atoms with van der Waals surface area (Å²) in [5.74, 6) is -3.77. The van der Waals surface area contributed by atoms with Crippen LogP contribution in [0, 0.1) is 5.92 Å². The van der Waals surface area contributed by atoms with Crippen molar-refractivity contribution in [1.82, 2.24) is 19.2 Å². The van der Waals surface area contributed by atoms with Gasteiger partial charge in [-0.2, -0.15) is 5.10 Å². The molecule has 3 aromatic rings. The first kappa shape index (κ1) is 36.7. The molecule has 0 radical (unpaired) electrons. The molecule has 3 aliphatic heterocycles. The first-order valence-corrected chi connectivity index (χ1v) is 18.0. The molecule has 0 spiro atoms. The van der Waals surface area contributed by atoms with E-state index in [2.05, 4.69) is 10.4 Å². The molecule has 0 unspecified atom stereocenters. The highest BCUT2D eigenvalue weighted by Gasteiger charge is 2.43. The first-order valence-electron chi connectivity index (χ1n) is 18.0. The van der Waals surface area contributed by atoms with E-state index in [0.717, 1.165) is 25.7 Å². The van der Waals surface area contributed by atoms with Gasteiger partial charge in [-0.15, -0.1) is 0 Å². The molecule has 1 amide bonds. The number of hydrogen-bond donors (Lipinski definition) is 2. The highest BCUT2D eigenvalue weighted by molar-refractivity contribution is 5.91. The number of benzene rings is 1. The molecular weight excluding hydrogens is 666 g/mol. The number of anilines is 2. The van der Waals surface area contributed by atoms with E-state index in [4.69, 9.17) is 14.2 Å². The Morgan fingerprint density at radius 1 is 1.00 bits per heavy atom. The average molecular weight is 715 g/mol. The van der Waals surface area contributed by atoms with E-state index in [0.29, 0.717) is 74.9 Å². The number of aromatic nitrogens is 3. The highest BCUT2D eigenvalue weighted by atomic mass is 19.3. The van der Waals surface area contributed by atoms with Gasteiger partial charge in [0.1, 0.15) is 11.2 Å². The van der Waals surface area contributed by atoms with Crippen molar-refractivity contribution in [2.45, 2.75) is 76.7 Å². The zero-order valence-corrected chi connectivity index (χ0v) is 29.3. The molecule has 0 saturated carbocycles. The molecule has 2 aromatic heterocycles. The fraction of sp³-hybridized carbons (Fsp3) is 0.611. The van der Waals surface area contributed by atoms with E-state index in [1.165, 1.54) is 28.8 Å². The molecule has 0 bridgehead atoms. The number of unbranched alkanes of at least 4 members (excludes halogenated alkanes) is 3. The Morgan fingerprint density at radius 3 is 2.41 bits per heavy atom. The van der Waals surface area contributed by atoms with Gasteiger partial charge in [0.15, 0.2) is 12.1 Å². The predicted octanol–water partition coefficient (Wildman–Crippen LogP) is 4.91. The van der Waals surface area contributed by atoms with Crippen LogP contribution in [0.4, 0.5) is 25.1 Å². The number of aryl methyl sites for hydroxylation is 2.